The highest BCUT2D eigenvalue weighted by atomic mass is 16.3. The van der Waals surface area contributed by atoms with E-state index in [2.05, 4.69) is 0 Å². The summed E-state index contributed by atoms with van der Waals surface area (Å²) in [6.45, 7) is 3.28. The highest BCUT2D eigenvalue weighted by Crippen LogP contribution is 2.04. The largest absolute Gasteiger partial charge is 0.393 e. The molecule has 0 aromatic rings. The van der Waals surface area contributed by atoms with E-state index in [9.17, 15) is 0 Å². The van der Waals surface area contributed by atoms with E-state index in [0.717, 1.165) is 0 Å². The standard InChI is InChI=1S/C5H12O2/c1-3-5(2,7)4-6/h6-7H,3-4H2,1-2H3/t5-/m1/s1. The second-order valence-corrected chi connectivity index (χ2v) is 2.01. The molecule has 0 saturated heterocycles. The zero-order valence-corrected chi connectivity index (χ0v) is 4.81. The number of hydrogen-bond acceptors (Lipinski definition) is 2. The predicted molar refractivity (Wildman–Crippen MR) is 28.0 cm³/mol. The van der Waals surface area contributed by atoms with Crippen LogP contribution in [0.25, 0.3) is 0 Å². The Kier molecular flexibility index (Phi) is 2.26. The van der Waals surface area contributed by atoms with E-state index in [4.69, 9.17) is 10.2 Å². The predicted octanol–water partition coefficient (Wildman–Crippen LogP) is 0.140. The summed E-state index contributed by atoms with van der Waals surface area (Å²) in [7, 11) is 0. The van der Waals surface area contributed by atoms with Crippen molar-refractivity contribution in [2.75, 3.05) is 6.61 Å². The van der Waals surface area contributed by atoms with Crippen molar-refractivity contribution in [3.8, 4) is 0 Å². The van der Waals surface area contributed by atoms with Gasteiger partial charge in [-0.1, -0.05) is 6.92 Å². The summed E-state index contributed by atoms with van der Waals surface area (Å²) in [5.41, 5.74) is -0.861. The Morgan fingerprint density at radius 3 is 2.00 bits per heavy atom. The van der Waals surface area contributed by atoms with Crippen molar-refractivity contribution in [2.45, 2.75) is 25.9 Å². The number of hydrogen-bond donors (Lipinski definition) is 2. The SMILES string of the molecule is CC[C@@](C)(O)CO. The van der Waals surface area contributed by atoms with Crippen LogP contribution >= 0.6 is 0 Å². The summed E-state index contributed by atoms with van der Waals surface area (Å²) in [4.78, 5) is 0. The Hall–Kier alpha value is -0.0800. The van der Waals surface area contributed by atoms with E-state index in [1.165, 1.54) is 0 Å². The quantitative estimate of drug-likeness (QED) is 0.523. The van der Waals surface area contributed by atoms with Gasteiger partial charge in [-0.05, 0) is 13.3 Å². The zero-order valence-electron chi connectivity index (χ0n) is 4.81. The Morgan fingerprint density at radius 1 is 1.57 bits per heavy atom. The molecule has 0 heterocycles. The van der Waals surface area contributed by atoms with Crippen LogP contribution in [0.1, 0.15) is 20.3 Å². The smallest absolute Gasteiger partial charge is 0.0846 e. The fraction of sp³-hybridized carbons (Fsp3) is 1.00. The van der Waals surface area contributed by atoms with Crippen LogP contribution in [0.2, 0.25) is 0 Å². The molecular weight excluding hydrogens is 92.1 g/mol. The van der Waals surface area contributed by atoms with Crippen LogP contribution in [0.3, 0.4) is 0 Å². The summed E-state index contributed by atoms with van der Waals surface area (Å²) in [5, 5.41) is 17.2. The van der Waals surface area contributed by atoms with Crippen molar-refractivity contribution in [1.82, 2.24) is 0 Å². The maximum atomic E-state index is 8.88. The average molecular weight is 104 g/mol. The lowest BCUT2D eigenvalue weighted by Crippen LogP contribution is -2.27. The molecule has 0 radical (unpaired) electrons. The Labute approximate surface area is 43.8 Å². The summed E-state index contributed by atoms with van der Waals surface area (Å²) in [5.74, 6) is 0. The van der Waals surface area contributed by atoms with E-state index in [1.807, 2.05) is 6.92 Å². The van der Waals surface area contributed by atoms with Gasteiger partial charge in [0.25, 0.3) is 0 Å². The summed E-state index contributed by atoms with van der Waals surface area (Å²) < 4.78 is 0. The molecule has 2 N–H and O–H groups in total. The summed E-state index contributed by atoms with van der Waals surface area (Å²) in [6.07, 6.45) is 0.601. The molecule has 0 spiro atoms. The third-order valence-corrected chi connectivity index (χ3v) is 1.10. The molecule has 0 unspecified atom stereocenters. The fourth-order valence-corrected chi connectivity index (χ4v) is 0.112. The third kappa shape index (κ3) is 2.60. The van der Waals surface area contributed by atoms with E-state index in [1.54, 1.807) is 6.92 Å². The van der Waals surface area contributed by atoms with Gasteiger partial charge < -0.3 is 10.2 Å². The van der Waals surface area contributed by atoms with Gasteiger partial charge in [0.1, 0.15) is 0 Å². The van der Waals surface area contributed by atoms with Gasteiger partial charge in [0.15, 0.2) is 0 Å². The summed E-state index contributed by atoms with van der Waals surface area (Å²) >= 11 is 0. The fourth-order valence-electron chi connectivity index (χ4n) is 0.112. The minimum absolute atomic E-state index is 0.149. The van der Waals surface area contributed by atoms with Gasteiger partial charge in [-0.25, -0.2) is 0 Å². The van der Waals surface area contributed by atoms with Gasteiger partial charge >= 0.3 is 0 Å². The molecule has 0 saturated carbocycles. The molecule has 0 aliphatic carbocycles. The highest BCUT2D eigenvalue weighted by molar-refractivity contribution is 4.66. The first-order valence-electron chi connectivity index (χ1n) is 2.45. The molecule has 0 aliphatic heterocycles. The monoisotopic (exact) mass is 104 g/mol. The van der Waals surface area contributed by atoms with Gasteiger partial charge in [-0.15, -0.1) is 0 Å². The maximum Gasteiger partial charge on any atom is 0.0846 e. The lowest BCUT2D eigenvalue weighted by Gasteiger charge is -2.16. The normalized spacial score (nSPS) is 18.9. The molecule has 0 rings (SSSR count). The Balaban J connectivity index is 3.36. The molecule has 0 amide bonds. The van der Waals surface area contributed by atoms with Crippen LogP contribution in [0, 0.1) is 0 Å². The van der Waals surface area contributed by atoms with Crippen molar-refractivity contribution >= 4 is 0 Å². The van der Waals surface area contributed by atoms with Crippen LogP contribution in [0.15, 0.2) is 0 Å². The minimum Gasteiger partial charge on any atom is -0.393 e. The van der Waals surface area contributed by atoms with Gasteiger partial charge in [-0.3, -0.25) is 0 Å². The van der Waals surface area contributed by atoms with Crippen LogP contribution in [0.5, 0.6) is 0 Å². The average Bonchev–Trinajstić information content (AvgIpc) is 1.68. The topological polar surface area (TPSA) is 40.5 Å². The van der Waals surface area contributed by atoms with Crippen LogP contribution in [-0.2, 0) is 0 Å². The lowest BCUT2D eigenvalue weighted by atomic mass is 10.1. The molecule has 2 heteroatoms. The van der Waals surface area contributed by atoms with E-state index in [-0.39, 0.29) is 6.61 Å². The van der Waals surface area contributed by atoms with Crippen molar-refractivity contribution in [3.63, 3.8) is 0 Å². The Bertz CT molecular complexity index is 44.0. The van der Waals surface area contributed by atoms with E-state index >= 15 is 0 Å². The molecule has 44 valence electrons. The van der Waals surface area contributed by atoms with Crippen molar-refractivity contribution in [3.05, 3.63) is 0 Å². The first-order valence-corrected chi connectivity index (χ1v) is 2.45. The summed E-state index contributed by atoms with van der Waals surface area (Å²) in [6, 6.07) is 0. The second-order valence-electron chi connectivity index (χ2n) is 2.01. The molecule has 0 aromatic carbocycles. The minimum atomic E-state index is -0.861. The maximum absolute atomic E-state index is 8.88. The van der Waals surface area contributed by atoms with Gasteiger partial charge in [0, 0.05) is 0 Å². The Morgan fingerprint density at radius 2 is 2.00 bits per heavy atom. The molecule has 0 fully saturated rings. The third-order valence-electron chi connectivity index (χ3n) is 1.10. The molecule has 7 heavy (non-hydrogen) atoms. The van der Waals surface area contributed by atoms with Gasteiger partial charge in [0.05, 0.1) is 12.2 Å². The molecule has 1 atom stereocenters. The molecular formula is C5H12O2. The molecule has 2 nitrogen and oxygen atoms in total. The number of aliphatic hydroxyl groups excluding tert-OH is 1. The van der Waals surface area contributed by atoms with Crippen LogP contribution in [-0.4, -0.2) is 22.4 Å². The van der Waals surface area contributed by atoms with Gasteiger partial charge in [0.2, 0.25) is 0 Å². The van der Waals surface area contributed by atoms with Crippen LogP contribution < -0.4 is 0 Å². The first-order chi connectivity index (χ1) is 3.12. The van der Waals surface area contributed by atoms with Gasteiger partial charge in [-0.2, -0.15) is 0 Å². The van der Waals surface area contributed by atoms with Crippen molar-refractivity contribution in [1.29, 1.82) is 0 Å². The zero-order chi connectivity index (χ0) is 5.91. The number of aliphatic hydroxyl groups is 2. The van der Waals surface area contributed by atoms with E-state index in [0.29, 0.717) is 6.42 Å². The van der Waals surface area contributed by atoms with E-state index < -0.39 is 5.60 Å². The van der Waals surface area contributed by atoms with Crippen molar-refractivity contribution in [2.24, 2.45) is 0 Å². The lowest BCUT2D eigenvalue weighted by molar-refractivity contribution is -0.00107. The molecule has 0 aromatic heterocycles. The highest BCUT2D eigenvalue weighted by Gasteiger charge is 2.13. The number of rotatable bonds is 2. The van der Waals surface area contributed by atoms with Crippen molar-refractivity contribution < 1.29 is 10.2 Å². The first kappa shape index (κ1) is 6.92. The van der Waals surface area contributed by atoms with Crippen LogP contribution in [0.4, 0.5) is 0 Å². The molecule has 0 aliphatic rings. The second kappa shape index (κ2) is 2.28. The molecule has 0 bridgehead atoms.